The number of carbonyl (C=O) groups is 1. The Morgan fingerprint density at radius 1 is 1.50 bits per heavy atom. The highest BCUT2D eigenvalue weighted by molar-refractivity contribution is 7.10. The number of hydrogen-bond donors (Lipinski definition) is 1. The summed E-state index contributed by atoms with van der Waals surface area (Å²) in [7, 11) is 0. The summed E-state index contributed by atoms with van der Waals surface area (Å²) < 4.78 is 13.1. The Balaban J connectivity index is 1.55. The topological polar surface area (TPSA) is 53.4 Å². The van der Waals surface area contributed by atoms with Gasteiger partial charge in [-0.2, -0.15) is 0 Å². The number of rotatable bonds is 6. The highest BCUT2D eigenvalue weighted by atomic mass is 32.1. The Morgan fingerprint density at radius 2 is 2.38 bits per heavy atom. The minimum absolute atomic E-state index is 0.0696. The molecule has 1 aliphatic heterocycles. The van der Waals surface area contributed by atoms with Gasteiger partial charge in [-0.1, -0.05) is 6.07 Å². The average Bonchev–Trinajstić information content (AvgIpc) is 3.24. The predicted molar refractivity (Wildman–Crippen MR) is 91.1 cm³/mol. The number of pyridine rings is 1. The summed E-state index contributed by atoms with van der Waals surface area (Å²) in [6.45, 7) is 0.738. The number of aryl methyl sites for hydroxylation is 1. The van der Waals surface area contributed by atoms with Crippen molar-refractivity contribution < 1.29 is 14.3 Å². The Labute approximate surface area is 145 Å². The molecule has 1 N–H and O–H groups in total. The van der Waals surface area contributed by atoms with Gasteiger partial charge in [-0.3, -0.25) is 9.78 Å². The van der Waals surface area contributed by atoms with Crippen molar-refractivity contribution in [3.63, 3.8) is 0 Å². The van der Waals surface area contributed by atoms with Gasteiger partial charge in [0, 0.05) is 30.1 Å². The summed E-state index contributed by atoms with van der Waals surface area (Å²) in [5, 5.41) is 12.3. The maximum atomic E-state index is 13.1. The Bertz CT molecular complexity index is 677. The molecule has 1 saturated heterocycles. The molecule has 0 aromatic carbocycles. The first-order chi connectivity index (χ1) is 11.6. The number of amides is 1. The van der Waals surface area contributed by atoms with Crippen LogP contribution in [0.25, 0.3) is 0 Å². The molecule has 0 aliphatic carbocycles. The second kappa shape index (κ2) is 7.85. The molecule has 1 aliphatic rings. The van der Waals surface area contributed by atoms with Crippen molar-refractivity contribution in [2.45, 2.75) is 44.2 Å². The number of carbonyl (C=O) groups excluding carboxylic acids is 1. The Morgan fingerprint density at radius 3 is 3.12 bits per heavy atom. The van der Waals surface area contributed by atoms with E-state index in [2.05, 4.69) is 4.98 Å². The number of aliphatic hydroxyl groups excluding tert-OH is 1. The number of thiophene rings is 1. The number of aliphatic hydroxyl groups is 1. The van der Waals surface area contributed by atoms with Crippen molar-refractivity contribution in [2.24, 2.45) is 0 Å². The second-order valence-corrected chi connectivity index (χ2v) is 7.14. The van der Waals surface area contributed by atoms with Gasteiger partial charge in [-0.15, -0.1) is 11.3 Å². The van der Waals surface area contributed by atoms with E-state index in [1.807, 2.05) is 22.4 Å². The number of halogens is 1. The standard InChI is InChI=1S/C18H21FN2O2S/c19-14-9-13(11-20-12-14)5-6-18(23)21-7-1-3-15(21)10-16(22)17-4-2-8-24-17/h2,4,8-9,11-12,15-16,22H,1,3,5-7,10H2. The fourth-order valence-corrected chi connectivity index (χ4v) is 3.98. The van der Waals surface area contributed by atoms with Crippen LogP contribution >= 0.6 is 11.3 Å². The zero-order valence-electron chi connectivity index (χ0n) is 13.4. The fourth-order valence-electron chi connectivity index (χ4n) is 3.25. The van der Waals surface area contributed by atoms with E-state index in [9.17, 15) is 14.3 Å². The molecule has 1 amide bonds. The highest BCUT2D eigenvalue weighted by Crippen LogP contribution is 2.30. The monoisotopic (exact) mass is 348 g/mol. The lowest BCUT2D eigenvalue weighted by Crippen LogP contribution is -2.36. The fraction of sp³-hybridized carbons (Fsp3) is 0.444. The van der Waals surface area contributed by atoms with Crippen molar-refractivity contribution in [1.29, 1.82) is 0 Å². The molecule has 24 heavy (non-hydrogen) atoms. The van der Waals surface area contributed by atoms with Crippen LogP contribution in [-0.2, 0) is 11.2 Å². The molecule has 0 saturated carbocycles. The van der Waals surface area contributed by atoms with E-state index in [0.29, 0.717) is 19.3 Å². The average molecular weight is 348 g/mol. The van der Waals surface area contributed by atoms with E-state index in [-0.39, 0.29) is 17.8 Å². The zero-order valence-corrected chi connectivity index (χ0v) is 14.2. The first kappa shape index (κ1) is 17.0. The first-order valence-corrected chi connectivity index (χ1v) is 9.12. The van der Waals surface area contributed by atoms with E-state index < -0.39 is 6.10 Å². The van der Waals surface area contributed by atoms with Crippen LogP contribution in [-0.4, -0.2) is 33.5 Å². The molecular formula is C18H21FN2O2S. The minimum Gasteiger partial charge on any atom is -0.387 e. The van der Waals surface area contributed by atoms with Crippen molar-refractivity contribution in [1.82, 2.24) is 9.88 Å². The lowest BCUT2D eigenvalue weighted by atomic mass is 10.0. The van der Waals surface area contributed by atoms with Gasteiger partial charge in [0.1, 0.15) is 5.82 Å². The molecule has 3 rings (SSSR count). The van der Waals surface area contributed by atoms with Gasteiger partial charge >= 0.3 is 0 Å². The maximum absolute atomic E-state index is 13.1. The molecule has 0 spiro atoms. The molecule has 3 heterocycles. The zero-order chi connectivity index (χ0) is 16.9. The maximum Gasteiger partial charge on any atom is 0.223 e. The van der Waals surface area contributed by atoms with Gasteiger partial charge in [0.2, 0.25) is 5.91 Å². The third-order valence-corrected chi connectivity index (χ3v) is 5.43. The molecule has 0 bridgehead atoms. The predicted octanol–water partition coefficient (Wildman–Crippen LogP) is 3.33. The quantitative estimate of drug-likeness (QED) is 0.871. The third kappa shape index (κ3) is 4.19. The minimum atomic E-state index is -0.518. The molecule has 2 aromatic rings. The van der Waals surface area contributed by atoms with Crippen LogP contribution in [0.3, 0.4) is 0 Å². The first-order valence-electron chi connectivity index (χ1n) is 8.24. The summed E-state index contributed by atoms with van der Waals surface area (Å²) in [6.07, 6.45) is 5.54. The molecule has 2 atom stereocenters. The third-order valence-electron chi connectivity index (χ3n) is 4.45. The van der Waals surface area contributed by atoms with Crippen molar-refractivity contribution in [2.75, 3.05) is 6.54 Å². The van der Waals surface area contributed by atoms with Gasteiger partial charge in [0.25, 0.3) is 0 Å². The normalized spacial score (nSPS) is 18.8. The lowest BCUT2D eigenvalue weighted by molar-refractivity contribution is -0.132. The number of hydrogen-bond acceptors (Lipinski definition) is 4. The number of aromatic nitrogens is 1. The SMILES string of the molecule is O=C(CCc1cncc(F)c1)N1CCCC1CC(O)c1cccs1. The van der Waals surface area contributed by atoms with Gasteiger partial charge in [0.05, 0.1) is 12.3 Å². The molecule has 0 radical (unpaired) electrons. The van der Waals surface area contributed by atoms with Crippen molar-refractivity contribution in [3.05, 3.63) is 52.2 Å². The van der Waals surface area contributed by atoms with E-state index in [1.165, 1.54) is 17.4 Å². The van der Waals surface area contributed by atoms with Crippen LogP contribution in [0.4, 0.5) is 4.39 Å². The van der Waals surface area contributed by atoms with E-state index in [4.69, 9.17) is 0 Å². The summed E-state index contributed by atoms with van der Waals surface area (Å²) in [5.41, 5.74) is 0.734. The van der Waals surface area contributed by atoms with E-state index in [0.717, 1.165) is 36.0 Å². The smallest absolute Gasteiger partial charge is 0.223 e. The Hall–Kier alpha value is -1.79. The second-order valence-electron chi connectivity index (χ2n) is 6.16. The number of nitrogens with zero attached hydrogens (tertiary/aromatic N) is 2. The van der Waals surface area contributed by atoms with Crippen LogP contribution in [0, 0.1) is 5.82 Å². The molecule has 128 valence electrons. The molecule has 2 unspecified atom stereocenters. The molecule has 6 heteroatoms. The Kier molecular flexibility index (Phi) is 5.58. The van der Waals surface area contributed by atoms with E-state index in [1.54, 1.807) is 6.20 Å². The van der Waals surface area contributed by atoms with Gasteiger partial charge in [-0.25, -0.2) is 4.39 Å². The lowest BCUT2D eigenvalue weighted by Gasteiger charge is -2.26. The summed E-state index contributed by atoms with van der Waals surface area (Å²) in [4.78, 5) is 19.1. The van der Waals surface area contributed by atoms with Gasteiger partial charge < -0.3 is 10.0 Å². The van der Waals surface area contributed by atoms with E-state index >= 15 is 0 Å². The summed E-state index contributed by atoms with van der Waals surface area (Å²) in [5.74, 6) is -0.307. The molecular weight excluding hydrogens is 327 g/mol. The van der Waals surface area contributed by atoms with Crippen LogP contribution in [0.1, 0.15) is 42.2 Å². The van der Waals surface area contributed by atoms with Gasteiger partial charge in [0.15, 0.2) is 0 Å². The largest absolute Gasteiger partial charge is 0.387 e. The number of likely N-dealkylation sites (tertiary alicyclic amines) is 1. The van der Waals surface area contributed by atoms with Crippen LogP contribution in [0.15, 0.2) is 36.0 Å². The van der Waals surface area contributed by atoms with Crippen LogP contribution in [0.5, 0.6) is 0 Å². The summed E-state index contributed by atoms with van der Waals surface area (Å²) >= 11 is 1.54. The molecule has 4 nitrogen and oxygen atoms in total. The molecule has 1 fully saturated rings. The summed E-state index contributed by atoms with van der Waals surface area (Å²) in [6, 6.07) is 5.35. The van der Waals surface area contributed by atoms with Crippen LogP contribution < -0.4 is 0 Å². The van der Waals surface area contributed by atoms with Crippen molar-refractivity contribution in [3.8, 4) is 0 Å². The molecule has 2 aromatic heterocycles. The highest BCUT2D eigenvalue weighted by Gasteiger charge is 2.30. The van der Waals surface area contributed by atoms with Crippen LogP contribution in [0.2, 0.25) is 0 Å². The van der Waals surface area contributed by atoms with Crippen molar-refractivity contribution >= 4 is 17.2 Å². The van der Waals surface area contributed by atoms with Gasteiger partial charge in [-0.05, 0) is 48.8 Å².